The quantitative estimate of drug-likeness (QED) is 0.528. The summed E-state index contributed by atoms with van der Waals surface area (Å²) in [4.78, 5) is 2.47. The minimum atomic E-state index is -3.48. The third-order valence-electron chi connectivity index (χ3n) is 5.40. The molecule has 1 aliphatic rings. The van der Waals surface area contributed by atoms with Crippen LogP contribution >= 0.6 is 0 Å². The Morgan fingerprint density at radius 1 is 0.968 bits per heavy atom. The van der Waals surface area contributed by atoms with E-state index >= 15 is 0 Å². The zero-order chi connectivity index (χ0) is 21.7. The summed E-state index contributed by atoms with van der Waals surface area (Å²) in [6, 6.07) is 22.4. The molecule has 3 aromatic carbocycles. The molecule has 4 rings (SSSR count). The smallest absolute Gasteiger partial charge is 0.236 e. The Hall–Kier alpha value is -2.83. The van der Waals surface area contributed by atoms with Gasteiger partial charge in [-0.05, 0) is 60.8 Å². The Balaban J connectivity index is 1.42. The van der Waals surface area contributed by atoms with Gasteiger partial charge in [0.05, 0.1) is 5.75 Å². The van der Waals surface area contributed by atoms with Crippen LogP contribution in [0.4, 0.5) is 5.69 Å². The van der Waals surface area contributed by atoms with Crippen molar-refractivity contribution in [3.05, 3.63) is 89.5 Å². The highest BCUT2D eigenvalue weighted by molar-refractivity contribution is 7.91. The third-order valence-corrected chi connectivity index (χ3v) is 6.66. The molecule has 0 radical (unpaired) electrons. The SMILES string of the molecule is CCCN1CCc2c(cccc2Oc2ccc(NS(=O)(=O)Cc3ccccc3)cc2)C1. The molecule has 0 aliphatic carbocycles. The molecule has 0 unspecified atom stereocenters. The van der Waals surface area contributed by atoms with Crippen molar-refractivity contribution in [3.63, 3.8) is 0 Å². The Morgan fingerprint density at radius 2 is 1.74 bits per heavy atom. The number of hydrogen-bond donors (Lipinski definition) is 1. The first kappa shape index (κ1) is 21.4. The molecule has 0 spiro atoms. The predicted molar refractivity (Wildman–Crippen MR) is 125 cm³/mol. The molecular formula is C25H28N2O3S. The lowest BCUT2D eigenvalue weighted by Gasteiger charge is -2.29. The van der Waals surface area contributed by atoms with E-state index in [-0.39, 0.29) is 5.75 Å². The van der Waals surface area contributed by atoms with Gasteiger partial charge in [-0.25, -0.2) is 8.42 Å². The predicted octanol–water partition coefficient (Wildman–Crippen LogP) is 5.19. The Labute approximate surface area is 184 Å². The van der Waals surface area contributed by atoms with Gasteiger partial charge in [-0.1, -0.05) is 49.4 Å². The van der Waals surface area contributed by atoms with E-state index in [1.54, 1.807) is 36.4 Å². The summed E-state index contributed by atoms with van der Waals surface area (Å²) in [5, 5.41) is 0. The van der Waals surface area contributed by atoms with E-state index in [9.17, 15) is 8.42 Å². The summed E-state index contributed by atoms with van der Waals surface area (Å²) >= 11 is 0. The second kappa shape index (κ2) is 9.54. The van der Waals surface area contributed by atoms with Crippen LogP contribution in [0.2, 0.25) is 0 Å². The fourth-order valence-electron chi connectivity index (χ4n) is 3.96. The van der Waals surface area contributed by atoms with Gasteiger partial charge in [-0.2, -0.15) is 0 Å². The second-order valence-electron chi connectivity index (χ2n) is 7.89. The lowest BCUT2D eigenvalue weighted by molar-refractivity contribution is 0.252. The first-order valence-corrected chi connectivity index (χ1v) is 12.3. The molecule has 1 heterocycles. The lowest BCUT2D eigenvalue weighted by atomic mass is 9.98. The van der Waals surface area contributed by atoms with Crippen LogP contribution < -0.4 is 9.46 Å². The first-order valence-electron chi connectivity index (χ1n) is 10.7. The van der Waals surface area contributed by atoms with Gasteiger partial charge in [0, 0.05) is 24.3 Å². The van der Waals surface area contributed by atoms with Gasteiger partial charge >= 0.3 is 0 Å². The van der Waals surface area contributed by atoms with Gasteiger partial charge < -0.3 is 4.74 Å². The highest BCUT2D eigenvalue weighted by Crippen LogP contribution is 2.32. The molecule has 0 bridgehead atoms. The van der Waals surface area contributed by atoms with Crippen LogP contribution in [0.25, 0.3) is 0 Å². The average Bonchev–Trinajstić information content (AvgIpc) is 2.75. The van der Waals surface area contributed by atoms with Crippen molar-refractivity contribution in [1.29, 1.82) is 0 Å². The Kier molecular flexibility index (Phi) is 6.59. The van der Waals surface area contributed by atoms with Crippen LogP contribution in [-0.2, 0) is 28.7 Å². The highest BCUT2D eigenvalue weighted by Gasteiger charge is 2.19. The lowest BCUT2D eigenvalue weighted by Crippen LogP contribution is -2.31. The number of rotatable bonds is 8. The minimum absolute atomic E-state index is 0.0582. The van der Waals surface area contributed by atoms with Crippen LogP contribution in [0.5, 0.6) is 11.5 Å². The summed E-state index contributed by atoms with van der Waals surface area (Å²) in [6.45, 7) is 5.33. The molecule has 31 heavy (non-hydrogen) atoms. The number of nitrogens with one attached hydrogen (secondary N) is 1. The third kappa shape index (κ3) is 5.66. The van der Waals surface area contributed by atoms with E-state index in [1.807, 2.05) is 30.3 Å². The molecule has 0 atom stereocenters. The maximum absolute atomic E-state index is 12.4. The van der Waals surface area contributed by atoms with Crippen molar-refractivity contribution in [2.45, 2.75) is 32.1 Å². The van der Waals surface area contributed by atoms with Crippen LogP contribution in [0, 0.1) is 0 Å². The van der Waals surface area contributed by atoms with E-state index in [0.717, 1.165) is 43.8 Å². The molecule has 1 N–H and O–H groups in total. The summed E-state index contributed by atoms with van der Waals surface area (Å²) in [5.74, 6) is 1.51. The fourth-order valence-corrected chi connectivity index (χ4v) is 5.16. The number of fused-ring (bicyclic) bond motifs is 1. The maximum Gasteiger partial charge on any atom is 0.236 e. The van der Waals surface area contributed by atoms with Crippen molar-refractivity contribution < 1.29 is 13.2 Å². The van der Waals surface area contributed by atoms with Crippen LogP contribution in [0.1, 0.15) is 30.0 Å². The molecular weight excluding hydrogens is 408 g/mol. The van der Waals surface area contributed by atoms with Gasteiger partial charge in [-0.3, -0.25) is 9.62 Å². The molecule has 0 saturated carbocycles. The molecule has 1 aliphatic heterocycles. The summed E-state index contributed by atoms with van der Waals surface area (Å²) in [5.41, 5.74) is 3.86. The molecule has 162 valence electrons. The van der Waals surface area contributed by atoms with E-state index in [0.29, 0.717) is 11.4 Å². The summed E-state index contributed by atoms with van der Waals surface area (Å²) in [7, 11) is -3.48. The summed E-state index contributed by atoms with van der Waals surface area (Å²) in [6.07, 6.45) is 2.13. The minimum Gasteiger partial charge on any atom is -0.457 e. The van der Waals surface area contributed by atoms with Crippen molar-refractivity contribution in [2.24, 2.45) is 0 Å². The number of anilines is 1. The number of nitrogens with zero attached hydrogens (tertiary/aromatic N) is 1. The topological polar surface area (TPSA) is 58.6 Å². The summed E-state index contributed by atoms with van der Waals surface area (Å²) < 4.78 is 33.7. The maximum atomic E-state index is 12.4. The van der Waals surface area contributed by atoms with Crippen molar-refractivity contribution in [2.75, 3.05) is 17.8 Å². The van der Waals surface area contributed by atoms with Gasteiger partial charge in [0.1, 0.15) is 11.5 Å². The molecule has 0 amide bonds. The molecule has 0 fully saturated rings. The normalized spacial score (nSPS) is 14.1. The second-order valence-corrected chi connectivity index (χ2v) is 9.62. The standard InChI is InChI=1S/C25H28N2O3S/c1-2-16-27-17-15-24-21(18-27)9-6-10-25(24)30-23-13-11-22(12-14-23)26-31(28,29)19-20-7-4-3-5-8-20/h3-14,26H,2,15-19H2,1H3. The van der Waals surface area contributed by atoms with Crippen molar-refractivity contribution >= 4 is 15.7 Å². The van der Waals surface area contributed by atoms with Gasteiger partial charge in [-0.15, -0.1) is 0 Å². The number of benzene rings is 3. The van der Waals surface area contributed by atoms with E-state index in [2.05, 4.69) is 22.6 Å². The average molecular weight is 437 g/mol. The number of ether oxygens (including phenoxy) is 1. The van der Waals surface area contributed by atoms with E-state index in [4.69, 9.17) is 4.74 Å². The van der Waals surface area contributed by atoms with Gasteiger partial charge in [0.15, 0.2) is 0 Å². The molecule has 5 nitrogen and oxygen atoms in total. The van der Waals surface area contributed by atoms with E-state index in [1.165, 1.54) is 11.1 Å². The fraction of sp³-hybridized carbons (Fsp3) is 0.280. The van der Waals surface area contributed by atoms with E-state index < -0.39 is 10.0 Å². The zero-order valence-corrected chi connectivity index (χ0v) is 18.6. The van der Waals surface area contributed by atoms with Crippen molar-refractivity contribution in [1.82, 2.24) is 4.90 Å². The van der Waals surface area contributed by atoms with Crippen LogP contribution in [0.15, 0.2) is 72.8 Å². The largest absolute Gasteiger partial charge is 0.457 e. The van der Waals surface area contributed by atoms with Gasteiger partial charge in [0.25, 0.3) is 0 Å². The number of sulfonamides is 1. The number of hydrogen-bond acceptors (Lipinski definition) is 4. The monoisotopic (exact) mass is 436 g/mol. The Morgan fingerprint density at radius 3 is 2.48 bits per heavy atom. The van der Waals surface area contributed by atoms with Crippen LogP contribution in [-0.4, -0.2) is 26.4 Å². The first-order chi connectivity index (χ1) is 15.0. The molecule has 0 saturated heterocycles. The molecule has 6 heteroatoms. The highest BCUT2D eigenvalue weighted by atomic mass is 32.2. The zero-order valence-electron chi connectivity index (χ0n) is 17.8. The van der Waals surface area contributed by atoms with Crippen LogP contribution in [0.3, 0.4) is 0 Å². The molecule has 3 aromatic rings. The van der Waals surface area contributed by atoms with Crippen molar-refractivity contribution in [3.8, 4) is 11.5 Å². The van der Waals surface area contributed by atoms with Gasteiger partial charge in [0.2, 0.25) is 10.0 Å². The molecule has 0 aromatic heterocycles. The Bertz CT molecular complexity index is 1110.